The van der Waals surface area contributed by atoms with E-state index in [2.05, 4.69) is 9.97 Å². The summed E-state index contributed by atoms with van der Waals surface area (Å²) < 4.78 is 66.5. The van der Waals surface area contributed by atoms with Crippen molar-refractivity contribution in [1.29, 1.82) is 0 Å². The Morgan fingerprint density at radius 2 is 1.81 bits per heavy atom. The van der Waals surface area contributed by atoms with Crippen LogP contribution in [0.4, 0.5) is 13.2 Å². The van der Waals surface area contributed by atoms with E-state index in [0.29, 0.717) is 32.2 Å². The Balaban J connectivity index is 1.40. The molecule has 36 heavy (non-hydrogen) atoms. The molecule has 192 valence electrons. The van der Waals surface area contributed by atoms with Gasteiger partial charge in [-0.3, -0.25) is 4.79 Å². The fourth-order valence-corrected chi connectivity index (χ4v) is 7.30. The third-order valence-corrected chi connectivity index (χ3v) is 9.18. The molecule has 3 aromatic rings. The molecule has 1 saturated heterocycles. The molecule has 2 heterocycles. The van der Waals surface area contributed by atoms with Crippen molar-refractivity contribution < 1.29 is 26.4 Å². The highest BCUT2D eigenvalue weighted by molar-refractivity contribution is 7.91. The van der Waals surface area contributed by atoms with Gasteiger partial charge in [-0.25, -0.2) is 13.4 Å². The smallest absolute Gasteiger partial charge is 0.341 e. The van der Waals surface area contributed by atoms with E-state index < -0.39 is 27.5 Å². The van der Waals surface area contributed by atoms with Gasteiger partial charge >= 0.3 is 6.18 Å². The number of hydrogen-bond acceptors (Lipinski definition) is 5. The summed E-state index contributed by atoms with van der Waals surface area (Å²) in [5, 5.41) is 0. The number of carbonyl (C=O) groups is 1. The minimum absolute atomic E-state index is 0.122. The number of halogens is 3. The highest BCUT2D eigenvalue weighted by Crippen LogP contribution is 2.39. The first-order valence-electron chi connectivity index (χ1n) is 11.9. The van der Waals surface area contributed by atoms with Gasteiger partial charge in [0.15, 0.2) is 9.84 Å². The first-order chi connectivity index (χ1) is 17.0. The van der Waals surface area contributed by atoms with Crippen LogP contribution < -0.4 is 5.73 Å². The van der Waals surface area contributed by atoms with Crippen molar-refractivity contribution in [2.75, 3.05) is 12.3 Å². The standard InChI is InChI=1S/C25H27F3N4O3S/c26-25(27,28)19-7-4-8-20-22(19)31-23(30-20)18-11-12-32(24(18)33)21-10-9-16(29)13-15(21)14-36(34,35)17-5-2-1-3-6-17/h1-8,15-16,18,21H,9-14,29H2,(H,30,31)/t15-,16+,18?,21+/m1/s1. The summed E-state index contributed by atoms with van der Waals surface area (Å²) in [6.45, 7) is 0.383. The number of sulfone groups is 1. The maximum absolute atomic E-state index is 13.5. The second kappa shape index (κ2) is 9.19. The predicted molar refractivity (Wildman–Crippen MR) is 128 cm³/mol. The predicted octanol–water partition coefficient (Wildman–Crippen LogP) is 3.87. The van der Waals surface area contributed by atoms with E-state index in [1.807, 2.05) is 0 Å². The Kier molecular flexibility index (Phi) is 6.32. The fraction of sp³-hybridized carbons (Fsp3) is 0.440. The zero-order valence-corrected chi connectivity index (χ0v) is 20.2. The number of alkyl halides is 3. The lowest BCUT2D eigenvalue weighted by atomic mass is 9.82. The monoisotopic (exact) mass is 520 g/mol. The van der Waals surface area contributed by atoms with Crippen LogP contribution in [0.5, 0.6) is 0 Å². The minimum atomic E-state index is -4.56. The Morgan fingerprint density at radius 3 is 2.53 bits per heavy atom. The zero-order chi connectivity index (χ0) is 25.7. The van der Waals surface area contributed by atoms with Gasteiger partial charge in [-0.05, 0) is 55.9 Å². The molecule has 5 rings (SSSR count). The second-order valence-corrected chi connectivity index (χ2v) is 11.7. The first-order valence-corrected chi connectivity index (χ1v) is 13.6. The van der Waals surface area contributed by atoms with Gasteiger partial charge in [0.1, 0.15) is 11.3 Å². The van der Waals surface area contributed by atoms with Crippen molar-refractivity contribution in [2.24, 2.45) is 11.7 Å². The highest BCUT2D eigenvalue weighted by Gasteiger charge is 2.44. The molecule has 1 aliphatic carbocycles. The Morgan fingerprint density at radius 1 is 1.06 bits per heavy atom. The van der Waals surface area contributed by atoms with Crippen molar-refractivity contribution in [1.82, 2.24) is 14.9 Å². The molecule has 4 atom stereocenters. The molecule has 0 bridgehead atoms. The summed E-state index contributed by atoms with van der Waals surface area (Å²) in [6.07, 6.45) is -2.45. The quantitative estimate of drug-likeness (QED) is 0.531. The van der Waals surface area contributed by atoms with Crippen LogP contribution in [0.2, 0.25) is 0 Å². The fourth-order valence-electron chi connectivity index (χ4n) is 5.61. The number of imidazole rings is 1. The molecule has 2 aromatic carbocycles. The number of nitrogens with zero attached hydrogens (tertiary/aromatic N) is 2. The van der Waals surface area contributed by atoms with Gasteiger partial charge in [-0.2, -0.15) is 13.2 Å². The molecule has 1 aliphatic heterocycles. The molecule has 1 unspecified atom stereocenters. The number of para-hydroxylation sites is 1. The van der Waals surface area contributed by atoms with Gasteiger partial charge in [0.25, 0.3) is 0 Å². The SMILES string of the molecule is N[C@H]1CC[C@H](N2CCC(c3nc4c(C(F)(F)F)cccc4[nH]3)C2=O)[C@@H](CS(=O)(=O)c2ccccc2)C1. The number of likely N-dealkylation sites (tertiary alicyclic amines) is 1. The van der Waals surface area contributed by atoms with E-state index in [0.717, 1.165) is 6.07 Å². The molecule has 2 aliphatic rings. The van der Waals surface area contributed by atoms with Crippen LogP contribution in [0.3, 0.4) is 0 Å². The van der Waals surface area contributed by atoms with Crippen molar-refractivity contribution in [3.8, 4) is 0 Å². The third kappa shape index (κ3) is 4.61. The molecule has 1 aromatic heterocycles. The van der Waals surface area contributed by atoms with Crippen molar-refractivity contribution in [2.45, 2.75) is 54.8 Å². The number of fused-ring (bicyclic) bond motifs is 1. The molecular weight excluding hydrogens is 493 g/mol. The number of benzene rings is 2. The summed E-state index contributed by atoms with van der Waals surface area (Å²) in [5.41, 5.74) is 5.35. The van der Waals surface area contributed by atoms with Crippen molar-refractivity contribution in [3.05, 3.63) is 59.9 Å². The van der Waals surface area contributed by atoms with E-state index in [9.17, 15) is 26.4 Å². The lowest BCUT2D eigenvalue weighted by molar-refractivity contribution is -0.136. The van der Waals surface area contributed by atoms with E-state index in [-0.39, 0.29) is 51.4 Å². The number of hydrogen-bond donors (Lipinski definition) is 2. The topological polar surface area (TPSA) is 109 Å². The lowest BCUT2D eigenvalue weighted by Crippen LogP contribution is -2.49. The summed E-state index contributed by atoms with van der Waals surface area (Å²) >= 11 is 0. The Hall–Kier alpha value is -2.92. The van der Waals surface area contributed by atoms with Crippen LogP contribution in [0.15, 0.2) is 53.4 Å². The summed E-state index contributed by atoms with van der Waals surface area (Å²) in [5.74, 6) is -1.21. The molecule has 1 amide bonds. The number of carbonyl (C=O) groups excluding carboxylic acids is 1. The van der Waals surface area contributed by atoms with Crippen LogP contribution in [0.1, 0.15) is 43.0 Å². The lowest BCUT2D eigenvalue weighted by Gasteiger charge is -2.40. The average Bonchev–Trinajstić information content (AvgIpc) is 3.42. The number of nitrogens with one attached hydrogen (secondary N) is 1. The van der Waals surface area contributed by atoms with E-state index in [4.69, 9.17) is 5.73 Å². The van der Waals surface area contributed by atoms with Crippen molar-refractivity contribution in [3.63, 3.8) is 0 Å². The van der Waals surface area contributed by atoms with E-state index >= 15 is 0 Å². The molecule has 0 spiro atoms. The molecule has 0 radical (unpaired) electrons. The minimum Gasteiger partial charge on any atom is -0.341 e. The number of rotatable bonds is 5. The van der Waals surface area contributed by atoms with Gasteiger partial charge in [0.2, 0.25) is 5.91 Å². The van der Waals surface area contributed by atoms with E-state index in [1.165, 1.54) is 12.1 Å². The van der Waals surface area contributed by atoms with E-state index in [1.54, 1.807) is 35.2 Å². The third-order valence-electron chi connectivity index (χ3n) is 7.33. The van der Waals surface area contributed by atoms with Gasteiger partial charge in [0.05, 0.1) is 27.6 Å². The summed E-state index contributed by atoms with van der Waals surface area (Å²) in [6, 6.07) is 11.5. The largest absolute Gasteiger partial charge is 0.418 e. The summed E-state index contributed by atoms with van der Waals surface area (Å²) in [7, 11) is -3.58. The van der Waals surface area contributed by atoms with Gasteiger partial charge in [-0.1, -0.05) is 24.3 Å². The Labute approximate surface area is 206 Å². The molecule has 3 N–H and O–H groups in total. The Bertz CT molecular complexity index is 1370. The molecule has 2 fully saturated rings. The number of H-pyrrole nitrogens is 1. The molecule has 11 heteroatoms. The van der Waals surface area contributed by atoms with Gasteiger partial charge in [0, 0.05) is 18.6 Å². The number of nitrogens with two attached hydrogens (primary N) is 1. The van der Waals surface area contributed by atoms with Crippen LogP contribution in [-0.4, -0.2) is 53.6 Å². The molecular formula is C25H27F3N4O3S. The van der Waals surface area contributed by atoms with Crippen LogP contribution in [0.25, 0.3) is 11.0 Å². The summed E-state index contributed by atoms with van der Waals surface area (Å²) in [4.78, 5) is 22.5. The maximum atomic E-state index is 13.5. The molecule has 1 saturated carbocycles. The van der Waals surface area contributed by atoms with Crippen LogP contribution in [0, 0.1) is 5.92 Å². The maximum Gasteiger partial charge on any atom is 0.418 e. The van der Waals surface area contributed by atoms with Gasteiger partial charge in [-0.15, -0.1) is 0 Å². The number of amides is 1. The highest BCUT2D eigenvalue weighted by atomic mass is 32.2. The molecule has 7 nitrogen and oxygen atoms in total. The van der Waals surface area contributed by atoms with Crippen molar-refractivity contribution >= 4 is 26.8 Å². The number of aromatic amines is 1. The van der Waals surface area contributed by atoms with Gasteiger partial charge < -0.3 is 15.6 Å². The normalized spacial score (nSPS) is 25.6. The second-order valence-electron chi connectivity index (χ2n) is 9.69. The number of aromatic nitrogens is 2. The average molecular weight is 521 g/mol. The zero-order valence-electron chi connectivity index (χ0n) is 19.4. The first kappa shape index (κ1) is 24.8. The van der Waals surface area contributed by atoms with Crippen LogP contribution >= 0.6 is 0 Å². The van der Waals surface area contributed by atoms with Crippen LogP contribution in [-0.2, 0) is 20.8 Å².